The Bertz CT molecular complexity index is 617. The van der Waals surface area contributed by atoms with Crippen LogP contribution in [0.5, 0.6) is 0 Å². The van der Waals surface area contributed by atoms with E-state index in [0.717, 1.165) is 5.69 Å². The van der Waals surface area contributed by atoms with E-state index in [1.54, 1.807) is 0 Å². The summed E-state index contributed by atoms with van der Waals surface area (Å²) in [5.74, 6) is -0.0126. The lowest BCUT2D eigenvalue weighted by Gasteiger charge is -2.25. The van der Waals surface area contributed by atoms with Crippen molar-refractivity contribution in [1.29, 1.82) is 0 Å². The first kappa shape index (κ1) is 15.3. The zero-order valence-electron chi connectivity index (χ0n) is 12.3. The second kappa shape index (κ2) is 6.13. The molecular formula is C15H18N4OS. The molecule has 21 heavy (non-hydrogen) atoms. The van der Waals surface area contributed by atoms with E-state index in [2.05, 4.69) is 15.4 Å². The molecule has 0 aliphatic heterocycles. The smallest absolute Gasteiger partial charge is 0.169 e. The minimum atomic E-state index is -0.664. The summed E-state index contributed by atoms with van der Waals surface area (Å²) in [6.45, 7) is 5.60. The van der Waals surface area contributed by atoms with Gasteiger partial charge in [-0.15, -0.1) is 0 Å². The fraction of sp³-hybridized carbons (Fsp3) is 0.333. The van der Waals surface area contributed by atoms with E-state index >= 15 is 0 Å². The highest BCUT2D eigenvalue weighted by Gasteiger charge is 2.34. The number of carbonyl (C=O) groups excluding carboxylic acids is 1. The number of hydrogen-bond donors (Lipinski definition) is 1. The number of para-hydroxylation sites is 1. The van der Waals surface area contributed by atoms with E-state index in [9.17, 15) is 4.79 Å². The Morgan fingerprint density at radius 1 is 1.29 bits per heavy atom. The number of ketones is 1. The van der Waals surface area contributed by atoms with Crippen molar-refractivity contribution in [2.45, 2.75) is 26.8 Å². The van der Waals surface area contributed by atoms with Crippen LogP contribution in [-0.4, -0.2) is 25.5 Å². The van der Waals surface area contributed by atoms with Crippen LogP contribution in [0.4, 0.5) is 5.69 Å². The van der Waals surface area contributed by atoms with E-state index < -0.39 is 11.5 Å². The average Bonchev–Trinajstić information content (AvgIpc) is 2.92. The number of aromatic nitrogens is 3. The first-order valence-electron chi connectivity index (χ1n) is 6.64. The molecule has 0 saturated carbocycles. The fourth-order valence-electron chi connectivity index (χ4n) is 1.85. The van der Waals surface area contributed by atoms with Crippen LogP contribution in [0.2, 0.25) is 0 Å². The number of thiocarbonyl (C=S) groups is 1. The lowest BCUT2D eigenvalue weighted by molar-refractivity contribution is -0.127. The van der Waals surface area contributed by atoms with Crippen molar-refractivity contribution in [3.05, 3.63) is 43.0 Å². The maximum Gasteiger partial charge on any atom is 0.169 e. The van der Waals surface area contributed by atoms with E-state index in [1.165, 1.54) is 17.3 Å². The Morgan fingerprint density at radius 3 is 2.48 bits per heavy atom. The highest BCUT2D eigenvalue weighted by Crippen LogP contribution is 2.25. The van der Waals surface area contributed by atoms with E-state index in [0.29, 0.717) is 4.99 Å². The zero-order valence-corrected chi connectivity index (χ0v) is 13.1. The fourth-order valence-corrected chi connectivity index (χ4v) is 2.19. The van der Waals surface area contributed by atoms with E-state index in [1.807, 2.05) is 51.1 Å². The molecule has 1 heterocycles. The number of anilines is 1. The summed E-state index contributed by atoms with van der Waals surface area (Å²) in [4.78, 5) is 17.0. The van der Waals surface area contributed by atoms with Crippen molar-refractivity contribution in [3.8, 4) is 0 Å². The van der Waals surface area contributed by atoms with Crippen LogP contribution in [0.3, 0.4) is 0 Å². The van der Waals surface area contributed by atoms with Crippen LogP contribution in [-0.2, 0) is 4.79 Å². The van der Waals surface area contributed by atoms with Gasteiger partial charge in [0.1, 0.15) is 17.6 Å². The van der Waals surface area contributed by atoms with Gasteiger partial charge in [0.05, 0.1) is 0 Å². The third-order valence-electron chi connectivity index (χ3n) is 2.98. The molecule has 1 atom stereocenters. The minimum Gasteiger partial charge on any atom is -0.348 e. The first-order valence-corrected chi connectivity index (χ1v) is 7.05. The van der Waals surface area contributed by atoms with Crippen LogP contribution >= 0.6 is 12.2 Å². The molecule has 2 aromatic rings. The lowest BCUT2D eigenvalue weighted by Crippen LogP contribution is -2.38. The van der Waals surface area contributed by atoms with Crippen LogP contribution < -0.4 is 5.32 Å². The molecule has 0 saturated heterocycles. The third kappa shape index (κ3) is 3.72. The molecular weight excluding hydrogens is 284 g/mol. The minimum absolute atomic E-state index is 0.0126. The number of rotatable bonds is 4. The summed E-state index contributed by atoms with van der Waals surface area (Å²) < 4.78 is 1.49. The van der Waals surface area contributed by atoms with Gasteiger partial charge in [0, 0.05) is 11.1 Å². The Balaban J connectivity index is 2.28. The second-order valence-electron chi connectivity index (χ2n) is 5.75. The molecule has 6 heteroatoms. The van der Waals surface area contributed by atoms with Crippen molar-refractivity contribution in [1.82, 2.24) is 14.8 Å². The molecule has 0 aliphatic rings. The molecule has 5 nitrogen and oxygen atoms in total. The van der Waals surface area contributed by atoms with Gasteiger partial charge in [0.25, 0.3) is 0 Å². The van der Waals surface area contributed by atoms with Crippen molar-refractivity contribution in [2.75, 3.05) is 5.32 Å². The first-order chi connectivity index (χ1) is 9.89. The maximum atomic E-state index is 12.7. The number of nitrogens with zero attached hydrogens (tertiary/aromatic N) is 3. The van der Waals surface area contributed by atoms with Gasteiger partial charge in [-0.3, -0.25) is 4.79 Å². The summed E-state index contributed by atoms with van der Waals surface area (Å²) in [6, 6.07) is 8.85. The topological polar surface area (TPSA) is 59.8 Å². The van der Waals surface area contributed by atoms with Gasteiger partial charge in [0.2, 0.25) is 0 Å². The number of carbonyl (C=O) groups is 1. The molecule has 1 unspecified atom stereocenters. The Kier molecular flexibility index (Phi) is 4.47. The van der Waals surface area contributed by atoms with Crippen LogP contribution in [0.1, 0.15) is 26.8 Å². The maximum absolute atomic E-state index is 12.7. The molecule has 110 valence electrons. The highest BCUT2D eigenvalue weighted by atomic mass is 32.1. The summed E-state index contributed by atoms with van der Waals surface area (Å²) in [7, 11) is 0. The molecule has 1 aromatic heterocycles. The largest absolute Gasteiger partial charge is 0.348 e. The van der Waals surface area contributed by atoms with Crippen LogP contribution in [0.15, 0.2) is 43.0 Å². The Hall–Kier alpha value is -2.08. The Morgan fingerprint density at radius 2 is 1.95 bits per heavy atom. The molecule has 1 aromatic carbocycles. The summed E-state index contributed by atoms with van der Waals surface area (Å²) >= 11 is 5.43. The van der Waals surface area contributed by atoms with Crippen LogP contribution in [0, 0.1) is 5.41 Å². The van der Waals surface area contributed by atoms with Gasteiger partial charge < -0.3 is 5.32 Å². The number of benzene rings is 1. The van der Waals surface area contributed by atoms with Gasteiger partial charge in [-0.1, -0.05) is 51.2 Å². The van der Waals surface area contributed by atoms with Gasteiger partial charge in [-0.25, -0.2) is 9.67 Å². The standard InChI is InChI=1S/C15H18N4OS/c1-15(2,3)13(20)12(19-10-16-9-17-19)14(21)18-11-7-5-4-6-8-11/h4-10,12H,1-3H3,(H,18,21). The monoisotopic (exact) mass is 302 g/mol. The lowest BCUT2D eigenvalue weighted by atomic mass is 9.86. The van der Waals surface area contributed by atoms with Crippen molar-refractivity contribution in [3.63, 3.8) is 0 Å². The predicted molar refractivity (Wildman–Crippen MR) is 86.2 cm³/mol. The predicted octanol–water partition coefficient (Wildman–Crippen LogP) is 2.87. The summed E-state index contributed by atoms with van der Waals surface area (Å²) in [5, 5.41) is 7.18. The molecule has 0 bridgehead atoms. The average molecular weight is 302 g/mol. The molecule has 0 amide bonds. The Labute approximate surface area is 129 Å². The SMILES string of the molecule is CC(C)(C)C(=O)C(C(=S)Nc1ccccc1)n1cncn1. The second-order valence-corrected chi connectivity index (χ2v) is 6.19. The molecule has 2 rings (SSSR count). The quantitative estimate of drug-likeness (QED) is 0.880. The molecule has 0 radical (unpaired) electrons. The number of hydrogen-bond acceptors (Lipinski definition) is 4. The summed E-state index contributed by atoms with van der Waals surface area (Å²) in [6.07, 6.45) is 2.90. The van der Waals surface area contributed by atoms with Gasteiger partial charge in [-0.05, 0) is 12.1 Å². The summed E-state index contributed by atoms with van der Waals surface area (Å²) in [5.41, 5.74) is 0.313. The molecule has 0 aliphatic carbocycles. The van der Waals surface area contributed by atoms with E-state index in [4.69, 9.17) is 12.2 Å². The number of Topliss-reactive ketones (excluding diaryl/α,β-unsaturated/α-hetero) is 1. The van der Waals surface area contributed by atoms with E-state index in [-0.39, 0.29) is 5.78 Å². The molecule has 0 spiro atoms. The van der Waals surface area contributed by atoms with Crippen molar-refractivity contribution >= 4 is 28.7 Å². The molecule has 0 fully saturated rings. The normalized spacial score (nSPS) is 12.7. The zero-order chi connectivity index (χ0) is 15.5. The van der Waals surface area contributed by atoms with Crippen molar-refractivity contribution in [2.24, 2.45) is 5.41 Å². The highest BCUT2D eigenvalue weighted by molar-refractivity contribution is 7.80. The van der Waals surface area contributed by atoms with Crippen molar-refractivity contribution < 1.29 is 4.79 Å². The number of nitrogens with one attached hydrogen (secondary N) is 1. The molecule has 1 N–H and O–H groups in total. The van der Waals surface area contributed by atoms with Gasteiger partial charge >= 0.3 is 0 Å². The van der Waals surface area contributed by atoms with Crippen LogP contribution in [0.25, 0.3) is 0 Å². The van der Waals surface area contributed by atoms with Gasteiger partial charge in [0.15, 0.2) is 11.8 Å². The third-order valence-corrected chi connectivity index (χ3v) is 3.30. The van der Waals surface area contributed by atoms with Gasteiger partial charge in [-0.2, -0.15) is 5.10 Å².